The Morgan fingerprint density at radius 2 is 1.83 bits per heavy atom. The molecule has 2 aliphatic rings. The number of hydrogen-bond acceptors (Lipinski definition) is 2. The van der Waals surface area contributed by atoms with E-state index in [0.29, 0.717) is 12.1 Å². The van der Waals surface area contributed by atoms with Gasteiger partial charge in [-0.1, -0.05) is 40.9 Å². The van der Waals surface area contributed by atoms with Gasteiger partial charge in [-0.3, -0.25) is 4.79 Å². The lowest BCUT2D eigenvalue weighted by molar-refractivity contribution is -0.127. The Balaban J connectivity index is 0.00000192. The second-order valence-electron chi connectivity index (χ2n) is 6.88. The quantitative estimate of drug-likeness (QED) is 0.802. The number of carbonyl (C=O) groups is 1. The monoisotopic (exact) mass is 400 g/mol. The van der Waals surface area contributed by atoms with Crippen LogP contribution in [0.2, 0.25) is 0 Å². The number of rotatable bonds is 3. The first kappa shape index (κ1) is 18.8. The normalized spacial score (nSPS) is 26.3. The number of nitrogens with two attached hydrogens (primary N) is 1. The third kappa shape index (κ3) is 4.09. The van der Waals surface area contributed by atoms with Gasteiger partial charge in [0.15, 0.2) is 0 Å². The van der Waals surface area contributed by atoms with E-state index in [0.717, 1.165) is 61.4 Å². The fraction of sp³-hybridized carbons (Fsp3) is 0.611. The van der Waals surface area contributed by atoms with Gasteiger partial charge in [0.05, 0.1) is 5.41 Å². The fourth-order valence-electron chi connectivity index (χ4n) is 4.00. The van der Waals surface area contributed by atoms with Crippen LogP contribution in [0.25, 0.3) is 0 Å². The first-order chi connectivity index (χ1) is 10.6. The van der Waals surface area contributed by atoms with Crippen molar-refractivity contribution in [2.75, 3.05) is 0 Å². The summed E-state index contributed by atoms with van der Waals surface area (Å²) in [7, 11) is 0. The van der Waals surface area contributed by atoms with Crippen LogP contribution in [0.3, 0.4) is 0 Å². The molecule has 5 heteroatoms. The Morgan fingerprint density at radius 3 is 2.43 bits per heavy atom. The van der Waals surface area contributed by atoms with Gasteiger partial charge in [-0.25, -0.2) is 0 Å². The summed E-state index contributed by atoms with van der Waals surface area (Å²) < 4.78 is 1.05. The van der Waals surface area contributed by atoms with Gasteiger partial charge in [0.1, 0.15) is 0 Å². The Labute approximate surface area is 153 Å². The van der Waals surface area contributed by atoms with Crippen molar-refractivity contribution in [3.63, 3.8) is 0 Å². The molecule has 3 nitrogen and oxygen atoms in total. The lowest BCUT2D eigenvalue weighted by atomic mass is 9.77. The lowest BCUT2D eigenvalue weighted by Gasteiger charge is -2.33. The van der Waals surface area contributed by atoms with E-state index < -0.39 is 0 Å². The van der Waals surface area contributed by atoms with Crippen molar-refractivity contribution in [2.45, 2.75) is 68.9 Å². The third-order valence-electron chi connectivity index (χ3n) is 5.38. The van der Waals surface area contributed by atoms with Crippen LogP contribution in [0, 0.1) is 0 Å². The van der Waals surface area contributed by atoms with Crippen LogP contribution in [-0.2, 0) is 10.2 Å². The van der Waals surface area contributed by atoms with Crippen molar-refractivity contribution in [1.29, 1.82) is 0 Å². The Hall–Kier alpha value is -0.580. The zero-order valence-electron chi connectivity index (χ0n) is 13.4. The molecule has 3 rings (SSSR count). The second kappa shape index (κ2) is 8.00. The summed E-state index contributed by atoms with van der Waals surface area (Å²) in [5.74, 6) is 0.226. The molecule has 1 aromatic carbocycles. The molecule has 0 unspecified atom stereocenters. The minimum atomic E-state index is -0.330. The summed E-state index contributed by atoms with van der Waals surface area (Å²) in [5.41, 5.74) is 6.79. The maximum Gasteiger partial charge on any atom is 0.230 e. The van der Waals surface area contributed by atoms with Gasteiger partial charge in [0.25, 0.3) is 0 Å². The maximum absolute atomic E-state index is 13.1. The summed E-state index contributed by atoms with van der Waals surface area (Å²) in [5, 5.41) is 3.33. The molecule has 2 fully saturated rings. The molecule has 0 aromatic heterocycles. The first-order valence-electron chi connectivity index (χ1n) is 8.43. The molecule has 2 aliphatic carbocycles. The summed E-state index contributed by atoms with van der Waals surface area (Å²) in [6.07, 6.45) is 8.26. The largest absolute Gasteiger partial charge is 0.353 e. The van der Waals surface area contributed by atoms with Crippen molar-refractivity contribution < 1.29 is 4.79 Å². The molecule has 2 saturated carbocycles. The number of amides is 1. The number of carbonyl (C=O) groups excluding carboxylic acids is 1. The maximum atomic E-state index is 13.1. The van der Waals surface area contributed by atoms with Crippen molar-refractivity contribution in [1.82, 2.24) is 5.32 Å². The van der Waals surface area contributed by atoms with Gasteiger partial charge in [-0.2, -0.15) is 0 Å². The van der Waals surface area contributed by atoms with E-state index >= 15 is 0 Å². The molecular formula is C18H26BrClN2O. The molecule has 0 atom stereocenters. The summed E-state index contributed by atoms with van der Waals surface area (Å²) in [6, 6.07) is 8.89. The highest BCUT2D eigenvalue weighted by Gasteiger charge is 2.43. The average Bonchev–Trinajstić information content (AvgIpc) is 3.00. The van der Waals surface area contributed by atoms with Crippen molar-refractivity contribution in [2.24, 2.45) is 5.73 Å². The van der Waals surface area contributed by atoms with Crippen LogP contribution < -0.4 is 11.1 Å². The number of nitrogens with one attached hydrogen (secondary N) is 1. The number of hydrogen-bond donors (Lipinski definition) is 2. The van der Waals surface area contributed by atoms with Gasteiger partial charge >= 0.3 is 0 Å². The molecule has 0 aliphatic heterocycles. The van der Waals surface area contributed by atoms with E-state index in [1.165, 1.54) is 0 Å². The third-order valence-corrected chi connectivity index (χ3v) is 5.87. The molecular weight excluding hydrogens is 376 g/mol. The SMILES string of the molecule is Cl.NC1CCC(NC(=O)C2(c3cccc(Br)c3)CCCC2)CC1. The molecule has 0 radical (unpaired) electrons. The van der Waals surface area contributed by atoms with Crippen LogP contribution in [0.1, 0.15) is 56.9 Å². The smallest absolute Gasteiger partial charge is 0.230 e. The predicted molar refractivity (Wildman–Crippen MR) is 99.9 cm³/mol. The molecule has 1 aromatic rings. The first-order valence-corrected chi connectivity index (χ1v) is 9.22. The zero-order valence-corrected chi connectivity index (χ0v) is 15.8. The minimum absolute atomic E-state index is 0. The lowest BCUT2D eigenvalue weighted by Crippen LogP contribution is -2.48. The van der Waals surface area contributed by atoms with Crippen molar-refractivity contribution in [3.8, 4) is 0 Å². The summed E-state index contributed by atoms with van der Waals surface area (Å²) in [6.45, 7) is 0. The number of benzene rings is 1. The van der Waals surface area contributed by atoms with Crippen LogP contribution in [0.15, 0.2) is 28.7 Å². The number of halogens is 2. The molecule has 0 heterocycles. The second-order valence-corrected chi connectivity index (χ2v) is 7.80. The molecule has 3 N–H and O–H groups in total. The molecule has 128 valence electrons. The molecule has 1 amide bonds. The van der Waals surface area contributed by atoms with Gasteiger partial charge in [-0.05, 0) is 56.2 Å². The Morgan fingerprint density at radius 1 is 1.17 bits per heavy atom. The predicted octanol–water partition coefficient (Wildman–Crippen LogP) is 4.07. The zero-order chi connectivity index (χ0) is 15.6. The molecule has 0 spiro atoms. The van der Waals surface area contributed by atoms with Crippen molar-refractivity contribution in [3.05, 3.63) is 34.3 Å². The summed E-state index contributed by atoms with van der Waals surface area (Å²) in [4.78, 5) is 13.1. The molecule has 0 bridgehead atoms. The van der Waals surface area contributed by atoms with Crippen LogP contribution >= 0.6 is 28.3 Å². The highest BCUT2D eigenvalue weighted by Crippen LogP contribution is 2.42. The highest BCUT2D eigenvalue weighted by molar-refractivity contribution is 9.10. The van der Waals surface area contributed by atoms with E-state index in [1.807, 2.05) is 12.1 Å². The van der Waals surface area contributed by atoms with Gasteiger partial charge in [0.2, 0.25) is 5.91 Å². The van der Waals surface area contributed by atoms with E-state index in [4.69, 9.17) is 5.73 Å². The van der Waals surface area contributed by atoms with E-state index in [2.05, 4.69) is 33.4 Å². The van der Waals surface area contributed by atoms with E-state index in [-0.39, 0.29) is 23.7 Å². The van der Waals surface area contributed by atoms with E-state index in [9.17, 15) is 4.79 Å². The summed E-state index contributed by atoms with van der Waals surface area (Å²) >= 11 is 3.54. The minimum Gasteiger partial charge on any atom is -0.353 e. The standard InChI is InChI=1S/C18H25BrN2O.ClH/c19-14-5-3-4-13(12-14)18(10-1-2-11-18)17(22)21-16-8-6-15(20)7-9-16;/h3-5,12,15-16H,1-2,6-11,20H2,(H,21,22);1H. The van der Waals surface area contributed by atoms with Gasteiger partial charge < -0.3 is 11.1 Å². The fourth-order valence-corrected chi connectivity index (χ4v) is 4.40. The van der Waals surface area contributed by atoms with Crippen molar-refractivity contribution >= 4 is 34.2 Å². The Bertz CT molecular complexity index is 538. The Kier molecular flexibility index (Phi) is 6.52. The van der Waals surface area contributed by atoms with E-state index in [1.54, 1.807) is 0 Å². The van der Waals surface area contributed by atoms with Gasteiger partial charge in [0, 0.05) is 16.6 Å². The molecule has 0 saturated heterocycles. The average molecular weight is 402 g/mol. The van der Waals surface area contributed by atoms with Crippen LogP contribution in [-0.4, -0.2) is 18.0 Å². The molecule has 23 heavy (non-hydrogen) atoms. The van der Waals surface area contributed by atoms with Gasteiger partial charge in [-0.15, -0.1) is 12.4 Å². The highest BCUT2D eigenvalue weighted by atomic mass is 79.9. The topological polar surface area (TPSA) is 55.1 Å². The van der Waals surface area contributed by atoms with Crippen LogP contribution in [0.5, 0.6) is 0 Å². The van der Waals surface area contributed by atoms with Crippen LogP contribution in [0.4, 0.5) is 0 Å².